The number of thiophene rings is 1. The highest BCUT2D eigenvalue weighted by molar-refractivity contribution is 7.91. The molecule has 1 amide bonds. The molecule has 114 valence electrons. The summed E-state index contributed by atoms with van der Waals surface area (Å²) in [5.41, 5.74) is 3.42. The highest BCUT2D eigenvalue weighted by Crippen LogP contribution is 2.20. The fourth-order valence-corrected chi connectivity index (χ4v) is 4.17. The van der Waals surface area contributed by atoms with E-state index >= 15 is 0 Å². The molecule has 3 N–H and O–H groups in total. The minimum atomic E-state index is -3.75. The van der Waals surface area contributed by atoms with E-state index in [4.69, 9.17) is 0 Å². The van der Waals surface area contributed by atoms with Gasteiger partial charge in [-0.05, 0) is 25.1 Å². The number of H-pyrrole nitrogens is 1. The molecule has 0 atom stereocenters. The summed E-state index contributed by atoms with van der Waals surface area (Å²) in [6.07, 6.45) is 1.55. The van der Waals surface area contributed by atoms with Crippen molar-refractivity contribution in [2.75, 3.05) is 0 Å². The number of hydrogen-bond acceptors (Lipinski definition) is 4. The van der Waals surface area contributed by atoms with Gasteiger partial charge in [0.1, 0.15) is 4.21 Å². The second-order valence-corrected chi connectivity index (χ2v) is 7.87. The summed E-state index contributed by atoms with van der Waals surface area (Å²) in [7, 11) is -3.75. The van der Waals surface area contributed by atoms with Gasteiger partial charge in [0.25, 0.3) is 15.9 Å². The fourth-order valence-electron chi connectivity index (χ4n) is 2.05. The van der Waals surface area contributed by atoms with Gasteiger partial charge in [-0.25, -0.2) is 8.42 Å². The molecule has 6 nitrogen and oxygen atoms in total. The van der Waals surface area contributed by atoms with Crippen molar-refractivity contribution in [3.63, 3.8) is 0 Å². The molecule has 3 rings (SSSR count). The Labute approximate surface area is 131 Å². The van der Waals surface area contributed by atoms with E-state index in [1.54, 1.807) is 18.3 Å². The van der Waals surface area contributed by atoms with Crippen LogP contribution in [0.25, 0.3) is 10.9 Å². The number of aromatic amines is 1. The quantitative estimate of drug-likeness (QED) is 0.638. The van der Waals surface area contributed by atoms with E-state index in [0.717, 1.165) is 27.1 Å². The van der Waals surface area contributed by atoms with Gasteiger partial charge in [0.05, 0.1) is 5.56 Å². The lowest BCUT2D eigenvalue weighted by molar-refractivity contribution is 0.0947. The van der Waals surface area contributed by atoms with Crippen LogP contribution >= 0.6 is 11.3 Å². The number of benzene rings is 1. The monoisotopic (exact) mass is 335 g/mol. The van der Waals surface area contributed by atoms with E-state index < -0.39 is 15.9 Å². The number of aryl methyl sites for hydroxylation is 1. The number of fused-ring (bicyclic) bond motifs is 1. The molecule has 1 aromatic carbocycles. The highest BCUT2D eigenvalue weighted by Gasteiger charge is 2.18. The molecule has 0 fully saturated rings. The molecule has 3 aromatic rings. The van der Waals surface area contributed by atoms with Crippen molar-refractivity contribution in [1.29, 1.82) is 0 Å². The van der Waals surface area contributed by atoms with Crippen LogP contribution in [0, 0.1) is 6.92 Å². The van der Waals surface area contributed by atoms with Gasteiger partial charge >= 0.3 is 0 Å². The van der Waals surface area contributed by atoms with Crippen LogP contribution in [0.3, 0.4) is 0 Å². The SMILES string of the molecule is Cc1ccc(S(=O)(=O)NNC(=O)c2c[nH]c3ccccc23)s1. The van der Waals surface area contributed by atoms with Gasteiger partial charge in [-0.2, -0.15) is 0 Å². The normalized spacial score (nSPS) is 11.7. The minimum Gasteiger partial charge on any atom is -0.360 e. The molecule has 0 saturated heterocycles. The maximum Gasteiger partial charge on any atom is 0.268 e. The van der Waals surface area contributed by atoms with E-state index in [1.807, 2.05) is 25.1 Å². The molecule has 0 aliphatic heterocycles. The third-order valence-electron chi connectivity index (χ3n) is 3.11. The van der Waals surface area contributed by atoms with Crippen LogP contribution in [-0.4, -0.2) is 19.3 Å². The molecule has 0 aliphatic rings. The summed E-state index contributed by atoms with van der Waals surface area (Å²) >= 11 is 1.14. The van der Waals surface area contributed by atoms with Gasteiger partial charge in [-0.15, -0.1) is 16.2 Å². The van der Waals surface area contributed by atoms with Gasteiger partial charge in [0.15, 0.2) is 0 Å². The molecule has 2 aromatic heterocycles. The number of nitrogens with one attached hydrogen (secondary N) is 3. The number of hydrazine groups is 1. The number of carbonyl (C=O) groups is 1. The third-order valence-corrected chi connectivity index (χ3v) is 5.85. The molecule has 8 heteroatoms. The van der Waals surface area contributed by atoms with Crippen molar-refractivity contribution in [1.82, 2.24) is 15.2 Å². The molecule has 0 bridgehead atoms. The number of hydrogen-bond donors (Lipinski definition) is 3. The Kier molecular flexibility index (Phi) is 3.73. The first-order valence-corrected chi connectivity index (χ1v) is 8.72. The number of sulfonamides is 1. The average molecular weight is 335 g/mol. The van der Waals surface area contributed by atoms with Crippen molar-refractivity contribution in [2.24, 2.45) is 0 Å². The van der Waals surface area contributed by atoms with E-state index in [9.17, 15) is 13.2 Å². The lowest BCUT2D eigenvalue weighted by Crippen LogP contribution is -2.41. The highest BCUT2D eigenvalue weighted by atomic mass is 32.2. The zero-order valence-electron chi connectivity index (χ0n) is 11.6. The van der Waals surface area contributed by atoms with Crippen molar-refractivity contribution in [3.05, 3.63) is 53.0 Å². The topological polar surface area (TPSA) is 91.1 Å². The van der Waals surface area contributed by atoms with E-state index in [2.05, 4.69) is 15.2 Å². The van der Waals surface area contributed by atoms with Gasteiger partial charge in [0.2, 0.25) is 0 Å². The Morgan fingerprint density at radius 1 is 1.18 bits per heavy atom. The molecule has 0 radical (unpaired) electrons. The summed E-state index contributed by atoms with van der Waals surface area (Å²) < 4.78 is 24.3. The van der Waals surface area contributed by atoms with Gasteiger partial charge < -0.3 is 4.98 Å². The lowest BCUT2D eigenvalue weighted by atomic mass is 10.2. The molecule has 0 unspecified atom stereocenters. The number of rotatable bonds is 4. The molecule has 0 aliphatic carbocycles. The van der Waals surface area contributed by atoms with Gasteiger partial charge in [-0.3, -0.25) is 10.2 Å². The first kappa shape index (κ1) is 14.8. The van der Waals surface area contributed by atoms with E-state index in [0.29, 0.717) is 5.56 Å². The summed E-state index contributed by atoms with van der Waals surface area (Å²) in [4.78, 5) is 18.1. The molecule has 22 heavy (non-hydrogen) atoms. The summed E-state index contributed by atoms with van der Waals surface area (Å²) in [6, 6.07) is 10.5. The third kappa shape index (κ3) is 2.76. The second kappa shape index (κ2) is 5.56. The lowest BCUT2D eigenvalue weighted by Gasteiger charge is -2.06. The summed E-state index contributed by atoms with van der Waals surface area (Å²) in [6.45, 7) is 1.81. The molecule has 0 saturated carbocycles. The molecule has 0 spiro atoms. The van der Waals surface area contributed by atoms with Crippen LogP contribution in [0.15, 0.2) is 46.8 Å². The molecular weight excluding hydrogens is 322 g/mol. The Hall–Kier alpha value is -2.16. The van der Waals surface area contributed by atoms with Crippen LogP contribution < -0.4 is 10.3 Å². The number of aromatic nitrogens is 1. The standard InChI is InChI=1S/C14H13N3O3S2/c1-9-6-7-13(21-9)22(19,20)17-16-14(18)11-8-15-12-5-3-2-4-10(11)12/h2-8,15,17H,1H3,(H,16,18). The van der Waals surface area contributed by atoms with Crippen LogP contribution in [0.4, 0.5) is 0 Å². The second-order valence-electron chi connectivity index (χ2n) is 4.67. The number of carbonyl (C=O) groups excluding carboxylic acids is 1. The maximum atomic E-state index is 12.1. The smallest absolute Gasteiger partial charge is 0.268 e. The van der Waals surface area contributed by atoms with Crippen molar-refractivity contribution in [2.45, 2.75) is 11.1 Å². The van der Waals surface area contributed by atoms with Crippen molar-refractivity contribution >= 4 is 38.2 Å². The van der Waals surface area contributed by atoms with Crippen LogP contribution in [0.2, 0.25) is 0 Å². The summed E-state index contributed by atoms with van der Waals surface area (Å²) in [5, 5.41) is 0.728. The van der Waals surface area contributed by atoms with Crippen LogP contribution in [0.5, 0.6) is 0 Å². The average Bonchev–Trinajstić information content (AvgIpc) is 3.11. The predicted molar refractivity (Wildman–Crippen MR) is 85.1 cm³/mol. The van der Waals surface area contributed by atoms with E-state index in [1.165, 1.54) is 6.07 Å². The largest absolute Gasteiger partial charge is 0.360 e. The van der Waals surface area contributed by atoms with Crippen LogP contribution in [-0.2, 0) is 10.0 Å². The van der Waals surface area contributed by atoms with E-state index in [-0.39, 0.29) is 4.21 Å². The zero-order chi connectivity index (χ0) is 15.7. The number of para-hydroxylation sites is 1. The Morgan fingerprint density at radius 3 is 2.68 bits per heavy atom. The Balaban J connectivity index is 1.78. The van der Waals surface area contributed by atoms with Crippen molar-refractivity contribution < 1.29 is 13.2 Å². The van der Waals surface area contributed by atoms with Crippen LogP contribution in [0.1, 0.15) is 15.2 Å². The fraction of sp³-hybridized carbons (Fsp3) is 0.0714. The molecular formula is C14H13N3O3S2. The Morgan fingerprint density at radius 2 is 1.95 bits per heavy atom. The zero-order valence-corrected chi connectivity index (χ0v) is 13.2. The first-order valence-electron chi connectivity index (χ1n) is 6.42. The van der Waals surface area contributed by atoms with Gasteiger partial charge in [0, 0.05) is 22.0 Å². The number of amides is 1. The Bertz CT molecular complexity index is 941. The first-order chi connectivity index (χ1) is 10.5. The van der Waals surface area contributed by atoms with Crippen molar-refractivity contribution in [3.8, 4) is 0 Å². The maximum absolute atomic E-state index is 12.1. The molecule has 2 heterocycles. The summed E-state index contributed by atoms with van der Waals surface area (Å²) in [5.74, 6) is -0.519. The predicted octanol–water partition coefficient (Wildman–Crippen LogP) is 2.16. The van der Waals surface area contributed by atoms with Gasteiger partial charge in [-0.1, -0.05) is 18.2 Å². The minimum absolute atomic E-state index is 0.157.